The highest BCUT2D eigenvalue weighted by atomic mass is 19.4. The van der Waals surface area contributed by atoms with Crippen LogP contribution in [0.25, 0.3) is 0 Å². The van der Waals surface area contributed by atoms with Crippen molar-refractivity contribution in [3.8, 4) is 0 Å². The lowest BCUT2D eigenvalue weighted by Gasteiger charge is -2.00. The van der Waals surface area contributed by atoms with Gasteiger partial charge >= 0.3 is 11.9 Å². The number of hydrogen-bond acceptors (Lipinski definition) is 4. The highest BCUT2D eigenvalue weighted by Crippen LogP contribution is 2.36. The molecule has 0 radical (unpaired) electrons. The van der Waals surface area contributed by atoms with Crippen LogP contribution in [0.5, 0.6) is 0 Å². The molecule has 72 valence electrons. The van der Waals surface area contributed by atoms with Gasteiger partial charge in [0.1, 0.15) is 0 Å². The summed E-state index contributed by atoms with van der Waals surface area (Å²) in [5.74, 6) is -0.780. The van der Waals surface area contributed by atoms with Gasteiger partial charge in [-0.05, 0) is 0 Å². The summed E-state index contributed by atoms with van der Waals surface area (Å²) < 4.78 is 36.0. The van der Waals surface area contributed by atoms with Gasteiger partial charge in [0.2, 0.25) is 11.5 Å². The van der Waals surface area contributed by atoms with Crippen molar-refractivity contribution in [3.05, 3.63) is 15.8 Å². The summed E-state index contributed by atoms with van der Waals surface area (Å²) in [6.07, 6.45) is -4.85. The fourth-order valence-electron chi connectivity index (χ4n) is 0.733. The van der Waals surface area contributed by atoms with Gasteiger partial charge in [0.15, 0.2) is 0 Å². The Labute approximate surface area is 68.7 Å². The summed E-state index contributed by atoms with van der Waals surface area (Å²) in [6.45, 7) is 0. The predicted octanol–water partition coefficient (Wildman–Crippen LogP) is 0.919. The molecule has 0 saturated heterocycles. The molecule has 9 heteroatoms. The van der Waals surface area contributed by atoms with Crippen LogP contribution >= 0.6 is 0 Å². The fraction of sp³-hybridized carbons (Fsp3) is 0.250. The van der Waals surface area contributed by atoms with Gasteiger partial charge < -0.3 is 5.73 Å². The van der Waals surface area contributed by atoms with Gasteiger partial charge in [0.25, 0.3) is 0 Å². The van der Waals surface area contributed by atoms with Gasteiger partial charge in [-0.3, -0.25) is 15.2 Å². The Morgan fingerprint density at radius 1 is 1.54 bits per heavy atom. The van der Waals surface area contributed by atoms with Crippen molar-refractivity contribution in [2.75, 3.05) is 5.73 Å². The quantitative estimate of drug-likeness (QED) is 0.515. The van der Waals surface area contributed by atoms with Crippen molar-refractivity contribution >= 4 is 11.5 Å². The second-order valence-corrected chi connectivity index (χ2v) is 2.09. The molecule has 13 heavy (non-hydrogen) atoms. The largest absolute Gasteiger partial charge is 0.439 e. The number of H-pyrrole nitrogens is 1. The Bertz CT molecular complexity index is 344. The van der Waals surface area contributed by atoms with Crippen molar-refractivity contribution in [2.24, 2.45) is 0 Å². The number of nitrogen functional groups attached to an aromatic ring is 1. The Hall–Kier alpha value is -1.80. The Morgan fingerprint density at radius 3 is 2.38 bits per heavy atom. The normalized spacial score (nSPS) is 11.6. The highest BCUT2D eigenvalue weighted by molar-refractivity contribution is 5.56. The van der Waals surface area contributed by atoms with E-state index in [1.165, 1.54) is 5.10 Å². The third-order valence-electron chi connectivity index (χ3n) is 1.23. The molecule has 0 aliphatic rings. The molecule has 0 fully saturated rings. The van der Waals surface area contributed by atoms with Crippen molar-refractivity contribution < 1.29 is 18.1 Å². The van der Waals surface area contributed by atoms with Gasteiger partial charge in [0, 0.05) is 0 Å². The van der Waals surface area contributed by atoms with Crippen LogP contribution in [-0.4, -0.2) is 15.1 Å². The maximum atomic E-state index is 12.0. The summed E-state index contributed by atoms with van der Waals surface area (Å²) in [4.78, 5) is 8.88. The first kappa shape index (κ1) is 9.29. The minimum Gasteiger partial charge on any atom is -0.376 e. The summed E-state index contributed by atoms with van der Waals surface area (Å²) in [7, 11) is 0. The molecule has 1 rings (SSSR count). The van der Waals surface area contributed by atoms with Crippen LogP contribution in [0.4, 0.5) is 24.7 Å². The Morgan fingerprint density at radius 2 is 2.08 bits per heavy atom. The predicted molar refractivity (Wildman–Crippen MR) is 34.7 cm³/mol. The maximum absolute atomic E-state index is 12.0. The number of nitrogens with two attached hydrogens (primary N) is 1. The van der Waals surface area contributed by atoms with Gasteiger partial charge in [-0.1, -0.05) is 0 Å². The van der Waals surface area contributed by atoms with Crippen LogP contribution in [-0.2, 0) is 6.18 Å². The van der Waals surface area contributed by atoms with E-state index in [2.05, 4.69) is 5.10 Å². The first-order valence-electron chi connectivity index (χ1n) is 2.89. The van der Waals surface area contributed by atoms with E-state index < -0.39 is 28.3 Å². The topological polar surface area (TPSA) is 97.8 Å². The molecule has 0 spiro atoms. The third kappa shape index (κ3) is 1.53. The second-order valence-electron chi connectivity index (χ2n) is 2.09. The summed E-state index contributed by atoms with van der Waals surface area (Å²) in [6, 6.07) is 0. The number of nitrogens with one attached hydrogen (secondary N) is 1. The van der Waals surface area contributed by atoms with E-state index in [0.29, 0.717) is 0 Å². The molecule has 0 amide bonds. The van der Waals surface area contributed by atoms with Gasteiger partial charge in [0.05, 0.1) is 4.92 Å². The molecular formula is C4H3F3N4O2. The van der Waals surface area contributed by atoms with Crippen molar-refractivity contribution in [1.29, 1.82) is 0 Å². The zero-order valence-corrected chi connectivity index (χ0v) is 5.92. The van der Waals surface area contributed by atoms with E-state index in [-0.39, 0.29) is 0 Å². The Balaban J connectivity index is 3.31. The average Bonchev–Trinajstić information content (AvgIpc) is 2.28. The molecule has 0 aliphatic carbocycles. The number of halogens is 3. The monoisotopic (exact) mass is 196 g/mol. The van der Waals surface area contributed by atoms with E-state index in [1.807, 2.05) is 0 Å². The van der Waals surface area contributed by atoms with Crippen LogP contribution in [0.2, 0.25) is 0 Å². The second kappa shape index (κ2) is 2.61. The molecule has 1 aromatic rings. The zero-order valence-electron chi connectivity index (χ0n) is 5.92. The summed E-state index contributed by atoms with van der Waals surface area (Å²) in [5, 5.41) is 14.5. The average molecular weight is 196 g/mol. The van der Waals surface area contributed by atoms with E-state index in [9.17, 15) is 23.3 Å². The van der Waals surface area contributed by atoms with Crippen LogP contribution in [0.3, 0.4) is 0 Å². The smallest absolute Gasteiger partial charge is 0.376 e. The molecule has 0 aromatic carbocycles. The fourth-order valence-corrected chi connectivity index (χ4v) is 0.733. The number of aromatic amines is 1. The molecule has 0 unspecified atom stereocenters. The number of hydrogen-bond donors (Lipinski definition) is 2. The lowest BCUT2D eigenvalue weighted by Crippen LogP contribution is -2.08. The standard InChI is InChI=1S/C4H3F3N4O2/c5-4(6,7)2-1(11(12)13)3(8)10-9-2/h(H3,8,9,10). The summed E-state index contributed by atoms with van der Waals surface area (Å²) in [5.41, 5.74) is 2.07. The van der Waals surface area contributed by atoms with Crippen molar-refractivity contribution in [2.45, 2.75) is 6.18 Å². The van der Waals surface area contributed by atoms with E-state index >= 15 is 0 Å². The third-order valence-corrected chi connectivity index (χ3v) is 1.23. The molecule has 3 N–H and O–H groups in total. The molecule has 0 atom stereocenters. The molecule has 1 heterocycles. The minimum atomic E-state index is -4.85. The van der Waals surface area contributed by atoms with E-state index in [1.54, 1.807) is 0 Å². The van der Waals surface area contributed by atoms with Crippen molar-refractivity contribution in [1.82, 2.24) is 10.2 Å². The van der Waals surface area contributed by atoms with E-state index in [0.717, 1.165) is 0 Å². The molecule has 1 aromatic heterocycles. The first-order chi connectivity index (χ1) is 5.84. The number of aromatic nitrogens is 2. The molecule has 0 saturated carbocycles. The number of nitrogens with zero attached hydrogens (tertiary/aromatic N) is 2. The lowest BCUT2D eigenvalue weighted by atomic mass is 10.3. The molecule has 0 aliphatic heterocycles. The van der Waals surface area contributed by atoms with Gasteiger partial charge in [-0.2, -0.15) is 18.3 Å². The van der Waals surface area contributed by atoms with Crippen molar-refractivity contribution in [3.63, 3.8) is 0 Å². The summed E-state index contributed by atoms with van der Waals surface area (Å²) >= 11 is 0. The lowest BCUT2D eigenvalue weighted by molar-refractivity contribution is -0.387. The van der Waals surface area contributed by atoms with E-state index in [4.69, 9.17) is 5.73 Å². The van der Waals surface area contributed by atoms with Gasteiger partial charge in [-0.15, -0.1) is 0 Å². The number of rotatable bonds is 1. The number of anilines is 1. The van der Waals surface area contributed by atoms with Crippen LogP contribution < -0.4 is 5.73 Å². The number of alkyl halides is 3. The molecule has 0 bridgehead atoms. The first-order valence-corrected chi connectivity index (χ1v) is 2.89. The van der Waals surface area contributed by atoms with Crippen LogP contribution in [0.1, 0.15) is 5.69 Å². The minimum absolute atomic E-state index is 0.780. The zero-order chi connectivity index (χ0) is 10.2. The molecular weight excluding hydrogens is 193 g/mol. The Kier molecular flexibility index (Phi) is 1.86. The highest BCUT2D eigenvalue weighted by Gasteiger charge is 2.42. The SMILES string of the molecule is Nc1n[nH]c(C(F)(F)F)c1[N+](=O)[O-]. The maximum Gasteiger partial charge on any atom is 0.439 e. The molecule has 6 nitrogen and oxygen atoms in total. The van der Waals surface area contributed by atoms with Crippen LogP contribution in [0, 0.1) is 10.1 Å². The number of nitro groups is 1. The van der Waals surface area contributed by atoms with Crippen LogP contribution in [0.15, 0.2) is 0 Å². The van der Waals surface area contributed by atoms with Gasteiger partial charge in [-0.25, -0.2) is 0 Å².